The molecule has 1 aliphatic heterocycles. The Morgan fingerprint density at radius 1 is 1.33 bits per heavy atom. The van der Waals surface area contributed by atoms with Gasteiger partial charge in [0.1, 0.15) is 12.4 Å². The second kappa shape index (κ2) is 8.39. The number of ether oxygens (including phenoxy) is 2. The van der Waals surface area contributed by atoms with E-state index in [0.717, 1.165) is 38.5 Å². The zero-order valence-corrected chi connectivity index (χ0v) is 12.6. The van der Waals surface area contributed by atoms with Gasteiger partial charge < -0.3 is 24.4 Å². The fourth-order valence-electron chi connectivity index (χ4n) is 2.54. The number of nitrogens with zero attached hydrogens (tertiary/aromatic N) is 1. The molecule has 1 aliphatic rings. The normalized spacial score (nSPS) is 18.8. The first-order chi connectivity index (χ1) is 10.1. The van der Waals surface area contributed by atoms with Crippen LogP contribution >= 0.6 is 0 Å². The molecule has 2 rings (SSSR count). The average molecular weight is 293 g/mol. The summed E-state index contributed by atoms with van der Waals surface area (Å²) in [5.41, 5.74) is 0.469. The van der Waals surface area contributed by atoms with E-state index >= 15 is 0 Å². The molecule has 2 N–H and O–H groups in total. The molecular weight excluding hydrogens is 269 g/mol. The van der Waals surface area contributed by atoms with Gasteiger partial charge in [-0.25, -0.2) is 0 Å². The Balaban J connectivity index is 1.66. The topological polar surface area (TPSA) is 62.2 Å². The van der Waals surface area contributed by atoms with Gasteiger partial charge in [-0.3, -0.25) is 0 Å². The monoisotopic (exact) mass is 293 g/mol. The quantitative estimate of drug-likeness (QED) is 0.698. The minimum Gasteiger partial charge on any atom is -0.492 e. The number of likely N-dealkylation sites (N-methyl/N-ethyl adjacent to an activating group) is 1. The van der Waals surface area contributed by atoms with Gasteiger partial charge in [0.05, 0.1) is 6.61 Å². The molecule has 1 aromatic carbocycles. The van der Waals surface area contributed by atoms with E-state index in [4.69, 9.17) is 19.5 Å². The van der Waals surface area contributed by atoms with Gasteiger partial charge in [-0.1, -0.05) is 12.1 Å². The lowest BCUT2D eigenvalue weighted by Gasteiger charge is -2.27. The molecule has 0 bridgehead atoms. The molecule has 0 aromatic heterocycles. The first kappa shape index (κ1) is 16.3. The Bertz CT molecular complexity index is 407. The standard InChI is InChI=1S/C15H24BNO4/c1-17(11-13-3-2-9-20-12-13)8-10-21-15-6-4-14(5-7-15)16(18)19/h4-7,13,18-19H,2-3,8-12H2,1H3. The van der Waals surface area contributed by atoms with E-state index in [2.05, 4.69) is 11.9 Å². The third-order valence-electron chi connectivity index (χ3n) is 3.74. The highest BCUT2D eigenvalue weighted by Crippen LogP contribution is 2.14. The molecule has 0 aliphatic carbocycles. The molecule has 0 amide bonds. The van der Waals surface area contributed by atoms with Gasteiger partial charge >= 0.3 is 7.12 Å². The van der Waals surface area contributed by atoms with E-state index in [0.29, 0.717) is 18.0 Å². The first-order valence-corrected chi connectivity index (χ1v) is 7.50. The van der Waals surface area contributed by atoms with E-state index in [-0.39, 0.29) is 0 Å². The highest BCUT2D eigenvalue weighted by Gasteiger charge is 2.15. The van der Waals surface area contributed by atoms with Crippen LogP contribution in [0.4, 0.5) is 0 Å². The van der Waals surface area contributed by atoms with E-state index in [1.54, 1.807) is 24.3 Å². The molecule has 1 fully saturated rings. The lowest BCUT2D eigenvalue weighted by atomic mass is 9.80. The zero-order chi connectivity index (χ0) is 15.1. The summed E-state index contributed by atoms with van der Waals surface area (Å²) in [7, 11) is 0.673. The molecule has 1 heterocycles. The van der Waals surface area contributed by atoms with Gasteiger partial charge in [0.15, 0.2) is 0 Å². The summed E-state index contributed by atoms with van der Waals surface area (Å²) in [5.74, 6) is 1.38. The van der Waals surface area contributed by atoms with Crippen molar-refractivity contribution in [2.75, 3.05) is 40.0 Å². The van der Waals surface area contributed by atoms with Crippen molar-refractivity contribution in [3.05, 3.63) is 24.3 Å². The highest BCUT2D eigenvalue weighted by atomic mass is 16.5. The van der Waals surface area contributed by atoms with Crippen LogP contribution in [0, 0.1) is 5.92 Å². The fraction of sp³-hybridized carbons (Fsp3) is 0.600. The van der Waals surface area contributed by atoms with E-state index in [1.807, 2.05) is 0 Å². The molecule has 5 nitrogen and oxygen atoms in total. The summed E-state index contributed by atoms with van der Waals surface area (Å²) in [4.78, 5) is 2.27. The van der Waals surface area contributed by atoms with Crippen LogP contribution in [0.5, 0.6) is 5.75 Å². The predicted molar refractivity (Wildman–Crippen MR) is 82.8 cm³/mol. The van der Waals surface area contributed by atoms with Gasteiger partial charge in [0, 0.05) is 19.7 Å². The molecule has 0 spiro atoms. The van der Waals surface area contributed by atoms with Gasteiger partial charge in [-0.05, 0) is 43.4 Å². The van der Waals surface area contributed by atoms with Crippen LogP contribution in [0.15, 0.2) is 24.3 Å². The second-order valence-corrected chi connectivity index (χ2v) is 5.64. The van der Waals surface area contributed by atoms with Crippen molar-refractivity contribution >= 4 is 12.6 Å². The molecule has 21 heavy (non-hydrogen) atoms. The van der Waals surface area contributed by atoms with Crippen molar-refractivity contribution in [2.24, 2.45) is 5.92 Å². The maximum Gasteiger partial charge on any atom is 0.488 e. The summed E-state index contributed by atoms with van der Waals surface area (Å²) in [5, 5.41) is 18.0. The average Bonchev–Trinajstić information content (AvgIpc) is 2.49. The predicted octanol–water partition coefficient (Wildman–Crippen LogP) is 0.104. The molecule has 1 saturated heterocycles. The van der Waals surface area contributed by atoms with Crippen molar-refractivity contribution in [1.29, 1.82) is 0 Å². The Morgan fingerprint density at radius 3 is 2.71 bits per heavy atom. The molecule has 1 atom stereocenters. The Hall–Kier alpha value is -1.08. The smallest absolute Gasteiger partial charge is 0.488 e. The van der Waals surface area contributed by atoms with Crippen LogP contribution in [0.1, 0.15) is 12.8 Å². The molecule has 0 radical (unpaired) electrons. The van der Waals surface area contributed by atoms with Crippen molar-refractivity contribution in [1.82, 2.24) is 4.90 Å². The van der Waals surface area contributed by atoms with Crippen molar-refractivity contribution in [3.63, 3.8) is 0 Å². The summed E-state index contributed by atoms with van der Waals surface area (Å²) in [6, 6.07) is 6.82. The molecule has 116 valence electrons. The number of hydrogen-bond acceptors (Lipinski definition) is 5. The van der Waals surface area contributed by atoms with Gasteiger partial charge in [0.2, 0.25) is 0 Å². The Kier molecular flexibility index (Phi) is 6.51. The zero-order valence-electron chi connectivity index (χ0n) is 12.6. The SMILES string of the molecule is CN(CCOc1ccc(B(O)O)cc1)CC1CCCOC1. The lowest BCUT2D eigenvalue weighted by Crippen LogP contribution is -2.33. The van der Waals surface area contributed by atoms with Gasteiger partial charge in [-0.15, -0.1) is 0 Å². The van der Waals surface area contributed by atoms with E-state index < -0.39 is 7.12 Å². The summed E-state index contributed by atoms with van der Waals surface area (Å²) in [6.07, 6.45) is 2.41. The summed E-state index contributed by atoms with van der Waals surface area (Å²) < 4.78 is 11.2. The number of hydrogen-bond donors (Lipinski definition) is 2. The van der Waals surface area contributed by atoms with Crippen molar-refractivity contribution in [3.8, 4) is 5.75 Å². The fourth-order valence-corrected chi connectivity index (χ4v) is 2.54. The molecule has 1 aromatic rings. The molecule has 0 saturated carbocycles. The minimum atomic E-state index is -1.43. The third kappa shape index (κ3) is 5.67. The van der Waals surface area contributed by atoms with E-state index in [1.165, 1.54) is 6.42 Å². The lowest BCUT2D eigenvalue weighted by molar-refractivity contribution is 0.0405. The second-order valence-electron chi connectivity index (χ2n) is 5.64. The maximum absolute atomic E-state index is 9.02. The van der Waals surface area contributed by atoms with Crippen LogP contribution < -0.4 is 10.2 Å². The molecular formula is C15H24BNO4. The first-order valence-electron chi connectivity index (χ1n) is 7.50. The highest BCUT2D eigenvalue weighted by molar-refractivity contribution is 6.58. The molecule has 1 unspecified atom stereocenters. The van der Waals surface area contributed by atoms with Gasteiger partial charge in [0.25, 0.3) is 0 Å². The summed E-state index contributed by atoms with van der Waals surface area (Å²) >= 11 is 0. The largest absolute Gasteiger partial charge is 0.492 e. The van der Waals surface area contributed by atoms with Crippen LogP contribution in [-0.4, -0.2) is 62.0 Å². The Morgan fingerprint density at radius 2 is 2.10 bits per heavy atom. The van der Waals surface area contributed by atoms with E-state index in [9.17, 15) is 0 Å². The Labute approximate surface area is 126 Å². The van der Waals surface area contributed by atoms with Crippen LogP contribution in [0.25, 0.3) is 0 Å². The van der Waals surface area contributed by atoms with Crippen molar-refractivity contribution in [2.45, 2.75) is 12.8 Å². The maximum atomic E-state index is 9.02. The van der Waals surface area contributed by atoms with Gasteiger partial charge in [-0.2, -0.15) is 0 Å². The van der Waals surface area contributed by atoms with Crippen molar-refractivity contribution < 1.29 is 19.5 Å². The van der Waals surface area contributed by atoms with Crippen LogP contribution in [0.3, 0.4) is 0 Å². The summed E-state index contributed by atoms with van der Waals surface area (Å²) in [6.45, 7) is 4.29. The number of benzene rings is 1. The van der Waals surface area contributed by atoms with Crippen LogP contribution in [-0.2, 0) is 4.74 Å². The van der Waals surface area contributed by atoms with Crippen LogP contribution in [0.2, 0.25) is 0 Å². The minimum absolute atomic E-state index is 0.469. The third-order valence-corrected chi connectivity index (χ3v) is 3.74. The number of rotatable bonds is 7. The molecule has 6 heteroatoms.